The van der Waals surface area contributed by atoms with Crippen molar-refractivity contribution in [3.63, 3.8) is 0 Å². The number of ether oxygens (including phenoxy) is 1. The Morgan fingerprint density at radius 3 is 2.79 bits per heavy atom. The fraction of sp³-hybridized carbons (Fsp3) is 0.273. The van der Waals surface area contributed by atoms with Crippen LogP contribution in [0.1, 0.15) is 12.5 Å². The molecule has 3 heteroatoms. The van der Waals surface area contributed by atoms with E-state index in [0.717, 1.165) is 15.8 Å². The van der Waals surface area contributed by atoms with Crippen molar-refractivity contribution in [2.75, 3.05) is 7.11 Å². The van der Waals surface area contributed by atoms with Crippen LogP contribution in [0.4, 0.5) is 0 Å². The van der Waals surface area contributed by atoms with Gasteiger partial charge in [0.05, 0.1) is 13.2 Å². The first-order valence-electron chi connectivity index (χ1n) is 4.33. The molecule has 1 aromatic rings. The van der Waals surface area contributed by atoms with Crippen LogP contribution in [-0.4, -0.2) is 18.3 Å². The average Bonchev–Trinajstić information content (AvgIpc) is 2.16. The van der Waals surface area contributed by atoms with E-state index in [1.54, 1.807) is 20.1 Å². The molecule has 1 aromatic carbocycles. The topological polar surface area (TPSA) is 29.5 Å². The van der Waals surface area contributed by atoms with Gasteiger partial charge in [0.25, 0.3) is 0 Å². The van der Waals surface area contributed by atoms with Gasteiger partial charge in [0.1, 0.15) is 5.75 Å². The lowest BCUT2D eigenvalue weighted by molar-refractivity contribution is 0.245. The molecule has 0 radical (unpaired) electrons. The summed E-state index contributed by atoms with van der Waals surface area (Å²) in [7, 11) is 1.63. The summed E-state index contributed by atoms with van der Waals surface area (Å²) in [5, 5.41) is 9.10. The molecular formula is C11H13BrO2. The maximum absolute atomic E-state index is 9.10. The quantitative estimate of drug-likeness (QED) is 0.902. The molecule has 0 aliphatic rings. The first kappa shape index (κ1) is 11.3. The van der Waals surface area contributed by atoms with Crippen molar-refractivity contribution < 1.29 is 9.84 Å². The zero-order valence-electron chi connectivity index (χ0n) is 8.20. The minimum atomic E-state index is -0.437. The number of hydrogen-bond acceptors (Lipinski definition) is 2. The van der Waals surface area contributed by atoms with Gasteiger partial charge >= 0.3 is 0 Å². The van der Waals surface area contributed by atoms with Crippen LogP contribution in [-0.2, 0) is 0 Å². The second kappa shape index (κ2) is 5.17. The van der Waals surface area contributed by atoms with Gasteiger partial charge in [-0.15, -0.1) is 0 Å². The number of halogens is 1. The largest absolute Gasteiger partial charge is 0.497 e. The third-order valence-corrected chi connectivity index (χ3v) is 2.48. The van der Waals surface area contributed by atoms with Crippen molar-refractivity contribution in [3.05, 3.63) is 34.3 Å². The summed E-state index contributed by atoms with van der Waals surface area (Å²) in [5.74, 6) is 0.804. The summed E-state index contributed by atoms with van der Waals surface area (Å²) < 4.78 is 6.08. The van der Waals surface area contributed by atoms with Crippen LogP contribution in [0.3, 0.4) is 0 Å². The van der Waals surface area contributed by atoms with Crippen LogP contribution in [0, 0.1) is 0 Å². The van der Waals surface area contributed by atoms with Gasteiger partial charge in [0, 0.05) is 4.47 Å². The molecule has 76 valence electrons. The first-order chi connectivity index (χ1) is 6.63. The second-order valence-electron chi connectivity index (χ2n) is 2.99. The first-order valence-corrected chi connectivity index (χ1v) is 5.12. The Bertz CT molecular complexity index is 332. The Hall–Kier alpha value is -0.800. The molecule has 0 heterocycles. The van der Waals surface area contributed by atoms with E-state index in [2.05, 4.69) is 15.9 Å². The molecule has 1 N–H and O–H groups in total. The summed E-state index contributed by atoms with van der Waals surface area (Å²) in [6.07, 6.45) is 3.14. The molecule has 0 aliphatic heterocycles. The van der Waals surface area contributed by atoms with E-state index in [1.807, 2.05) is 24.3 Å². The van der Waals surface area contributed by atoms with E-state index in [4.69, 9.17) is 9.84 Å². The molecule has 14 heavy (non-hydrogen) atoms. The van der Waals surface area contributed by atoms with Gasteiger partial charge in [-0.1, -0.05) is 28.1 Å². The van der Waals surface area contributed by atoms with Crippen molar-refractivity contribution in [3.8, 4) is 5.75 Å². The van der Waals surface area contributed by atoms with Gasteiger partial charge < -0.3 is 9.84 Å². The lowest BCUT2D eigenvalue weighted by Gasteiger charge is -2.03. The van der Waals surface area contributed by atoms with Gasteiger partial charge in [-0.2, -0.15) is 0 Å². The van der Waals surface area contributed by atoms with Gasteiger partial charge in [-0.25, -0.2) is 0 Å². The Morgan fingerprint density at radius 1 is 1.50 bits per heavy atom. The van der Waals surface area contributed by atoms with Crippen molar-refractivity contribution in [1.29, 1.82) is 0 Å². The van der Waals surface area contributed by atoms with Crippen LogP contribution in [0.25, 0.3) is 6.08 Å². The minimum Gasteiger partial charge on any atom is -0.497 e. The van der Waals surface area contributed by atoms with E-state index in [1.165, 1.54) is 0 Å². The fourth-order valence-corrected chi connectivity index (χ4v) is 1.40. The Kier molecular flexibility index (Phi) is 4.17. The monoisotopic (exact) mass is 256 g/mol. The third-order valence-electron chi connectivity index (χ3n) is 1.76. The van der Waals surface area contributed by atoms with Crippen LogP contribution in [0.15, 0.2) is 28.7 Å². The van der Waals surface area contributed by atoms with E-state index < -0.39 is 6.10 Å². The molecule has 0 amide bonds. The molecular weight excluding hydrogens is 244 g/mol. The summed E-state index contributed by atoms with van der Waals surface area (Å²) >= 11 is 3.42. The van der Waals surface area contributed by atoms with Gasteiger partial charge in [-0.05, 0) is 30.7 Å². The van der Waals surface area contributed by atoms with Gasteiger partial charge in [0.2, 0.25) is 0 Å². The molecule has 0 bridgehead atoms. The Labute approximate surface area is 92.3 Å². The normalized spacial score (nSPS) is 13.1. The predicted molar refractivity (Wildman–Crippen MR) is 61.4 cm³/mol. The van der Waals surface area contributed by atoms with E-state index >= 15 is 0 Å². The summed E-state index contributed by atoms with van der Waals surface area (Å²) in [4.78, 5) is 0. The minimum absolute atomic E-state index is 0.437. The maximum atomic E-state index is 9.10. The highest BCUT2D eigenvalue weighted by Gasteiger charge is 1.98. The molecule has 0 saturated heterocycles. The highest BCUT2D eigenvalue weighted by Crippen LogP contribution is 2.23. The number of hydrogen-bond donors (Lipinski definition) is 1. The third kappa shape index (κ3) is 3.16. The molecule has 0 unspecified atom stereocenters. The van der Waals surface area contributed by atoms with Crippen molar-refractivity contribution in [2.45, 2.75) is 13.0 Å². The average molecular weight is 257 g/mol. The van der Waals surface area contributed by atoms with Crippen LogP contribution < -0.4 is 4.74 Å². The molecule has 0 spiro atoms. The van der Waals surface area contributed by atoms with Gasteiger partial charge in [-0.3, -0.25) is 0 Å². The maximum Gasteiger partial charge on any atom is 0.119 e. The fourth-order valence-electron chi connectivity index (χ4n) is 1.02. The summed E-state index contributed by atoms with van der Waals surface area (Å²) in [6, 6.07) is 5.70. The molecule has 2 nitrogen and oxygen atoms in total. The molecule has 1 rings (SSSR count). The zero-order valence-corrected chi connectivity index (χ0v) is 9.78. The van der Waals surface area contributed by atoms with Crippen molar-refractivity contribution in [2.24, 2.45) is 0 Å². The number of rotatable bonds is 3. The molecule has 0 aromatic heterocycles. The van der Waals surface area contributed by atoms with Crippen LogP contribution in [0.5, 0.6) is 5.75 Å². The van der Waals surface area contributed by atoms with Crippen molar-refractivity contribution >= 4 is 22.0 Å². The van der Waals surface area contributed by atoms with E-state index in [-0.39, 0.29) is 0 Å². The highest BCUT2D eigenvalue weighted by molar-refractivity contribution is 9.10. The van der Waals surface area contributed by atoms with Crippen LogP contribution in [0.2, 0.25) is 0 Å². The molecule has 1 atom stereocenters. The zero-order chi connectivity index (χ0) is 10.6. The molecule has 0 saturated carbocycles. The predicted octanol–water partition coefficient (Wildman–Crippen LogP) is 2.85. The lowest BCUT2D eigenvalue weighted by atomic mass is 10.2. The van der Waals surface area contributed by atoms with Gasteiger partial charge in [0.15, 0.2) is 0 Å². The SMILES string of the molecule is COc1ccc(Br)c(/C=C/[C@@H](C)O)c1. The molecule has 0 aliphatic carbocycles. The standard InChI is InChI=1S/C11H13BrO2/c1-8(13)3-4-9-7-10(14-2)5-6-11(9)12/h3-8,13H,1-2H3/b4-3+/t8-/m1/s1. The van der Waals surface area contributed by atoms with E-state index in [0.29, 0.717) is 0 Å². The van der Waals surface area contributed by atoms with Crippen molar-refractivity contribution in [1.82, 2.24) is 0 Å². The van der Waals surface area contributed by atoms with E-state index in [9.17, 15) is 0 Å². The number of aliphatic hydroxyl groups excluding tert-OH is 1. The summed E-state index contributed by atoms with van der Waals surface area (Å²) in [5.41, 5.74) is 0.991. The number of methoxy groups -OCH3 is 1. The smallest absolute Gasteiger partial charge is 0.119 e. The molecule has 0 fully saturated rings. The number of benzene rings is 1. The summed E-state index contributed by atoms with van der Waals surface area (Å²) in [6.45, 7) is 1.71. The number of aliphatic hydroxyl groups is 1. The van der Waals surface area contributed by atoms with Crippen LogP contribution >= 0.6 is 15.9 Å². The Morgan fingerprint density at radius 2 is 2.21 bits per heavy atom. The Balaban J connectivity index is 2.94. The highest BCUT2D eigenvalue weighted by atomic mass is 79.9. The second-order valence-corrected chi connectivity index (χ2v) is 3.84. The lowest BCUT2D eigenvalue weighted by Crippen LogP contribution is -1.91.